The lowest BCUT2D eigenvalue weighted by atomic mass is 9.96. The molecule has 196 valence electrons. The highest BCUT2D eigenvalue weighted by atomic mass is 79.9. The van der Waals surface area contributed by atoms with Crippen LogP contribution in [0.25, 0.3) is 0 Å². The standard InChI is InChI=1S/C33H31BrN4O/c1-24-16-17-27(22-29(24)34)35-31-28-14-8-9-15-30(28)38(33(31)39)23-36-18-20-37(21-19-36)32(25-10-4-2-5-11-25)26-12-6-3-7-13-26/h2-17,22,32H,18-21,23H2,1H3. The summed E-state index contributed by atoms with van der Waals surface area (Å²) in [7, 11) is 0. The number of anilines is 1. The number of aliphatic imine (C=N–C) groups is 1. The molecule has 4 aromatic carbocycles. The van der Waals surface area contributed by atoms with Gasteiger partial charge in [-0.3, -0.25) is 19.5 Å². The van der Waals surface area contributed by atoms with Gasteiger partial charge in [-0.25, -0.2) is 4.99 Å². The lowest BCUT2D eigenvalue weighted by molar-refractivity contribution is -0.112. The number of fused-ring (bicyclic) bond motifs is 1. The maximum Gasteiger partial charge on any atom is 0.278 e. The van der Waals surface area contributed by atoms with Crippen LogP contribution in [0.3, 0.4) is 0 Å². The molecule has 1 amide bonds. The van der Waals surface area contributed by atoms with E-state index >= 15 is 0 Å². The van der Waals surface area contributed by atoms with E-state index in [4.69, 9.17) is 4.99 Å². The van der Waals surface area contributed by atoms with E-state index in [1.54, 1.807) is 0 Å². The summed E-state index contributed by atoms with van der Waals surface area (Å²) in [6.45, 7) is 6.23. The highest BCUT2D eigenvalue weighted by molar-refractivity contribution is 9.10. The molecule has 5 nitrogen and oxygen atoms in total. The van der Waals surface area contributed by atoms with Crippen LogP contribution in [0.1, 0.15) is 28.3 Å². The Kier molecular flexibility index (Phi) is 7.42. The van der Waals surface area contributed by atoms with Gasteiger partial charge in [0.15, 0.2) is 0 Å². The fourth-order valence-corrected chi connectivity index (χ4v) is 5.90. The molecule has 1 fully saturated rings. The Morgan fingerprint density at radius 2 is 1.41 bits per heavy atom. The Bertz CT molecular complexity index is 1460. The van der Waals surface area contributed by atoms with Crippen LogP contribution in [0, 0.1) is 6.92 Å². The van der Waals surface area contributed by atoms with Crippen molar-refractivity contribution in [1.82, 2.24) is 9.80 Å². The normalized spacial score (nSPS) is 17.3. The van der Waals surface area contributed by atoms with E-state index in [1.807, 2.05) is 54.3 Å². The lowest BCUT2D eigenvalue weighted by Crippen LogP contribution is -2.51. The van der Waals surface area contributed by atoms with Crippen LogP contribution in [0.5, 0.6) is 0 Å². The van der Waals surface area contributed by atoms with Gasteiger partial charge in [-0.2, -0.15) is 0 Å². The van der Waals surface area contributed by atoms with Gasteiger partial charge in [-0.15, -0.1) is 0 Å². The summed E-state index contributed by atoms with van der Waals surface area (Å²) in [5.41, 5.74) is 6.86. The zero-order valence-electron chi connectivity index (χ0n) is 22.0. The fourth-order valence-electron chi connectivity index (χ4n) is 5.54. The van der Waals surface area contributed by atoms with E-state index in [2.05, 4.69) is 86.4 Å². The molecule has 2 aliphatic rings. The number of piperazine rings is 1. The predicted molar refractivity (Wildman–Crippen MR) is 162 cm³/mol. The molecule has 0 saturated carbocycles. The summed E-state index contributed by atoms with van der Waals surface area (Å²) in [6.07, 6.45) is 0. The Balaban J connectivity index is 1.20. The third-order valence-electron chi connectivity index (χ3n) is 7.64. The van der Waals surface area contributed by atoms with E-state index < -0.39 is 0 Å². The molecular weight excluding hydrogens is 548 g/mol. The van der Waals surface area contributed by atoms with Gasteiger partial charge in [-0.1, -0.05) is 101 Å². The van der Waals surface area contributed by atoms with Crippen LogP contribution in [0.2, 0.25) is 0 Å². The molecule has 0 radical (unpaired) electrons. The molecule has 4 aromatic rings. The van der Waals surface area contributed by atoms with Gasteiger partial charge in [0.1, 0.15) is 5.71 Å². The van der Waals surface area contributed by atoms with Gasteiger partial charge in [-0.05, 0) is 41.8 Å². The van der Waals surface area contributed by atoms with E-state index in [0.29, 0.717) is 12.4 Å². The molecule has 2 aliphatic heterocycles. The second kappa shape index (κ2) is 11.3. The molecular formula is C33H31BrN4O. The molecule has 0 N–H and O–H groups in total. The number of carbonyl (C=O) groups is 1. The number of halogens is 1. The number of hydrogen-bond acceptors (Lipinski definition) is 4. The number of amides is 1. The maximum atomic E-state index is 13.7. The van der Waals surface area contributed by atoms with Crippen LogP contribution < -0.4 is 4.90 Å². The third kappa shape index (κ3) is 5.33. The minimum atomic E-state index is -0.0400. The molecule has 0 unspecified atom stereocenters. The first-order valence-corrected chi connectivity index (χ1v) is 14.2. The molecule has 2 heterocycles. The van der Waals surface area contributed by atoms with Gasteiger partial charge < -0.3 is 0 Å². The van der Waals surface area contributed by atoms with Gasteiger partial charge in [0.05, 0.1) is 24.1 Å². The van der Waals surface area contributed by atoms with Crippen molar-refractivity contribution in [1.29, 1.82) is 0 Å². The third-order valence-corrected chi connectivity index (χ3v) is 8.49. The average molecular weight is 580 g/mol. The fraction of sp³-hybridized carbons (Fsp3) is 0.212. The Labute approximate surface area is 238 Å². The number of nitrogens with zero attached hydrogens (tertiary/aromatic N) is 4. The van der Waals surface area contributed by atoms with Gasteiger partial charge in [0.2, 0.25) is 0 Å². The predicted octanol–water partition coefficient (Wildman–Crippen LogP) is 6.59. The zero-order valence-corrected chi connectivity index (χ0v) is 23.6. The number of carbonyl (C=O) groups excluding carboxylic acids is 1. The van der Waals surface area contributed by atoms with E-state index in [0.717, 1.165) is 53.2 Å². The van der Waals surface area contributed by atoms with Gasteiger partial charge in [0.25, 0.3) is 5.91 Å². The van der Waals surface area contributed by atoms with Crippen molar-refractivity contribution in [3.8, 4) is 0 Å². The van der Waals surface area contributed by atoms with Crippen LogP contribution in [-0.2, 0) is 4.79 Å². The van der Waals surface area contributed by atoms with E-state index in [-0.39, 0.29) is 11.9 Å². The summed E-state index contributed by atoms with van der Waals surface area (Å²) in [4.78, 5) is 25.3. The van der Waals surface area contributed by atoms with Crippen LogP contribution >= 0.6 is 15.9 Å². The number of aryl methyl sites for hydroxylation is 1. The molecule has 0 spiro atoms. The molecule has 1 saturated heterocycles. The molecule has 39 heavy (non-hydrogen) atoms. The number of para-hydroxylation sites is 1. The molecule has 0 atom stereocenters. The summed E-state index contributed by atoms with van der Waals surface area (Å²) < 4.78 is 0.988. The van der Waals surface area contributed by atoms with Crippen molar-refractivity contribution in [2.75, 3.05) is 37.7 Å². The first-order valence-electron chi connectivity index (χ1n) is 13.4. The molecule has 6 heteroatoms. The quantitative estimate of drug-likeness (QED) is 0.259. The topological polar surface area (TPSA) is 39.2 Å². The minimum absolute atomic E-state index is 0.0400. The van der Waals surface area contributed by atoms with Crippen molar-refractivity contribution in [2.45, 2.75) is 13.0 Å². The van der Waals surface area contributed by atoms with Crippen LogP contribution in [0.4, 0.5) is 11.4 Å². The van der Waals surface area contributed by atoms with Crippen molar-refractivity contribution in [2.24, 2.45) is 4.99 Å². The second-order valence-electron chi connectivity index (χ2n) is 10.2. The maximum absolute atomic E-state index is 13.7. The van der Waals surface area contributed by atoms with Crippen molar-refractivity contribution >= 4 is 38.9 Å². The van der Waals surface area contributed by atoms with Crippen molar-refractivity contribution in [3.05, 3.63) is 130 Å². The SMILES string of the molecule is Cc1ccc(N=C2C(=O)N(CN3CCN(C(c4ccccc4)c4ccccc4)CC3)c3ccccc32)cc1Br. The zero-order chi connectivity index (χ0) is 26.8. The van der Waals surface area contributed by atoms with Crippen LogP contribution in [0.15, 0.2) is 113 Å². The van der Waals surface area contributed by atoms with Crippen LogP contribution in [-0.4, -0.2) is 54.3 Å². The number of rotatable bonds is 6. The monoisotopic (exact) mass is 578 g/mol. The largest absolute Gasteiger partial charge is 0.293 e. The van der Waals surface area contributed by atoms with Crippen molar-refractivity contribution < 1.29 is 4.79 Å². The highest BCUT2D eigenvalue weighted by Crippen LogP contribution is 2.33. The summed E-state index contributed by atoms with van der Waals surface area (Å²) in [5.74, 6) is -0.0400. The summed E-state index contributed by atoms with van der Waals surface area (Å²) >= 11 is 3.59. The van der Waals surface area contributed by atoms with E-state index in [1.165, 1.54) is 11.1 Å². The highest BCUT2D eigenvalue weighted by Gasteiger charge is 2.36. The second-order valence-corrected chi connectivity index (χ2v) is 11.0. The number of hydrogen-bond donors (Lipinski definition) is 0. The van der Waals surface area contributed by atoms with Gasteiger partial charge in [0, 0.05) is 36.2 Å². The Morgan fingerprint density at radius 3 is 2.05 bits per heavy atom. The Morgan fingerprint density at radius 1 is 0.795 bits per heavy atom. The van der Waals surface area contributed by atoms with Gasteiger partial charge >= 0.3 is 0 Å². The molecule has 0 aliphatic carbocycles. The number of benzene rings is 4. The first kappa shape index (κ1) is 25.7. The summed E-state index contributed by atoms with van der Waals surface area (Å²) in [5, 5.41) is 0. The van der Waals surface area contributed by atoms with Crippen molar-refractivity contribution in [3.63, 3.8) is 0 Å². The Hall–Kier alpha value is -3.58. The summed E-state index contributed by atoms with van der Waals surface area (Å²) in [6, 6.07) is 35.6. The minimum Gasteiger partial charge on any atom is -0.293 e. The molecule has 0 aromatic heterocycles. The molecule has 0 bridgehead atoms. The molecule has 6 rings (SSSR count). The first-order chi connectivity index (χ1) is 19.1. The lowest BCUT2D eigenvalue weighted by Gasteiger charge is -2.40. The smallest absolute Gasteiger partial charge is 0.278 e. The van der Waals surface area contributed by atoms with E-state index in [9.17, 15) is 4.79 Å². The average Bonchev–Trinajstić information content (AvgIpc) is 3.23.